The normalized spacial score (nSPS) is 20.6. The van der Waals surface area contributed by atoms with E-state index >= 15 is 4.39 Å². The van der Waals surface area contributed by atoms with E-state index in [4.69, 9.17) is 14.0 Å². The second-order valence-corrected chi connectivity index (χ2v) is 11.1. The first-order valence-electron chi connectivity index (χ1n) is 11.8. The predicted octanol–water partition coefficient (Wildman–Crippen LogP) is 3.88. The number of carbonyl (C=O) groups is 1. The first kappa shape index (κ1) is 24.7. The minimum absolute atomic E-state index is 0.116. The van der Waals surface area contributed by atoms with Gasteiger partial charge in [-0.25, -0.2) is 19.2 Å². The lowest BCUT2D eigenvalue weighted by Gasteiger charge is -2.33. The van der Waals surface area contributed by atoms with Gasteiger partial charge in [-0.05, 0) is 67.4 Å². The maximum atomic E-state index is 15.3. The molecule has 1 aromatic heterocycles. The summed E-state index contributed by atoms with van der Waals surface area (Å²) in [5, 5.41) is 3.64. The van der Waals surface area contributed by atoms with Crippen molar-refractivity contribution in [1.29, 1.82) is 0 Å². The molecule has 184 valence electrons. The van der Waals surface area contributed by atoms with E-state index in [1.54, 1.807) is 17.0 Å². The van der Waals surface area contributed by atoms with Crippen molar-refractivity contribution in [3.05, 3.63) is 24.1 Å². The first-order valence-corrected chi connectivity index (χ1v) is 11.8. The third-order valence-electron chi connectivity index (χ3n) is 6.72. The van der Waals surface area contributed by atoms with Gasteiger partial charge in [-0.3, -0.25) is 0 Å². The lowest BCUT2D eigenvalue weighted by molar-refractivity contribution is 0.00578. The number of aromatic nitrogens is 2. The third kappa shape index (κ3) is 4.98. The van der Waals surface area contributed by atoms with Gasteiger partial charge in [0, 0.05) is 30.8 Å². The molecule has 0 bridgehead atoms. The van der Waals surface area contributed by atoms with Crippen molar-refractivity contribution in [2.24, 2.45) is 0 Å². The van der Waals surface area contributed by atoms with Crippen LogP contribution in [0.3, 0.4) is 0 Å². The average Bonchev–Trinajstić information content (AvgIpc) is 2.94. The standard InChI is InChI=1S/C24H34BFN4O4/c1-22(2,3)32-21(31)30-12-10-15(11-13-30)28-20-27-14-16-18(29-20)9-8-17(19(16)26)25-33-23(4,5)24(6,7)34-25/h8-9,14-15H,10-13H2,1-7H3,(H,27,28,29). The molecule has 0 radical (unpaired) electrons. The number of benzene rings is 1. The second-order valence-electron chi connectivity index (χ2n) is 11.1. The highest BCUT2D eigenvalue weighted by atomic mass is 19.1. The van der Waals surface area contributed by atoms with Gasteiger partial charge in [-0.15, -0.1) is 0 Å². The topological polar surface area (TPSA) is 85.8 Å². The van der Waals surface area contributed by atoms with Crippen LogP contribution >= 0.6 is 0 Å². The van der Waals surface area contributed by atoms with Crippen LogP contribution in [0.1, 0.15) is 61.3 Å². The van der Waals surface area contributed by atoms with Gasteiger partial charge in [0.1, 0.15) is 11.4 Å². The Morgan fingerprint density at radius 3 is 2.38 bits per heavy atom. The van der Waals surface area contributed by atoms with Gasteiger partial charge in [0.2, 0.25) is 5.95 Å². The van der Waals surface area contributed by atoms with E-state index in [0.29, 0.717) is 35.4 Å². The van der Waals surface area contributed by atoms with Gasteiger partial charge >= 0.3 is 13.2 Å². The van der Waals surface area contributed by atoms with Crippen molar-refractivity contribution < 1.29 is 23.2 Å². The molecule has 4 rings (SSSR count). The van der Waals surface area contributed by atoms with E-state index in [9.17, 15) is 4.79 Å². The first-order chi connectivity index (χ1) is 15.8. The molecule has 0 unspecified atom stereocenters. The number of rotatable bonds is 3. The number of anilines is 1. The molecule has 0 saturated carbocycles. The molecule has 34 heavy (non-hydrogen) atoms. The van der Waals surface area contributed by atoms with Crippen LogP contribution in [-0.4, -0.2) is 64.0 Å². The second kappa shape index (κ2) is 8.64. The number of nitrogens with one attached hydrogen (secondary N) is 1. The molecule has 3 heterocycles. The number of carbonyl (C=O) groups excluding carboxylic acids is 1. The van der Waals surface area contributed by atoms with Crippen molar-refractivity contribution >= 4 is 35.5 Å². The summed E-state index contributed by atoms with van der Waals surface area (Å²) < 4.78 is 32.8. The fourth-order valence-corrected chi connectivity index (χ4v) is 4.03. The molecule has 0 spiro atoms. The molecule has 2 aromatic rings. The Hall–Kier alpha value is -2.46. The highest BCUT2D eigenvalue weighted by Crippen LogP contribution is 2.37. The molecule has 10 heteroatoms. The van der Waals surface area contributed by atoms with E-state index in [-0.39, 0.29) is 12.1 Å². The molecule has 2 aliphatic heterocycles. The van der Waals surface area contributed by atoms with Crippen LogP contribution in [-0.2, 0) is 14.0 Å². The summed E-state index contributed by atoms with van der Waals surface area (Å²) in [5.74, 6) is -0.000722. The Morgan fingerprint density at radius 1 is 1.18 bits per heavy atom. The summed E-state index contributed by atoms with van der Waals surface area (Å²) in [4.78, 5) is 22.8. The minimum atomic E-state index is -0.789. The van der Waals surface area contributed by atoms with Crippen molar-refractivity contribution in [1.82, 2.24) is 14.9 Å². The predicted molar refractivity (Wildman–Crippen MR) is 130 cm³/mol. The van der Waals surface area contributed by atoms with Gasteiger partial charge in [0.15, 0.2) is 0 Å². The largest absolute Gasteiger partial charge is 0.497 e. The van der Waals surface area contributed by atoms with Crippen LogP contribution in [0.15, 0.2) is 18.3 Å². The minimum Gasteiger partial charge on any atom is -0.444 e. The smallest absolute Gasteiger partial charge is 0.444 e. The monoisotopic (exact) mass is 472 g/mol. The van der Waals surface area contributed by atoms with Gasteiger partial charge in [-0.1, -0.05) is 6.07 Å². The van der Waals surface area contributed by atoms with Crippen LogP contribution in [0.5, 0.6) is 0 Å². The molecule has 2 aliphatic rings. The summed E-state index contributed by atoms with van der Waals surface area (Å²) >= 11 is 0. The Kier molecular flexibility index (Phi) is 6.27. The molecule has 2 fully saturated rings. The molecule has 2 saturated heterocycles. The Morgan fingerprint density at radius 2 is 1.79 bits per heavy atom. The fraction of sp³-hybridized carbons (Fsp3) is 0.625. The zero-order valence-electron chi connectivity index (χ0n) is 21.1. The molecule has 1 aromatic carbocycles. The van der Waals surface area contributed by atoms with E-state index in [0.717, 1.165) is 12.8 Å². The highest BCUT2D eigenvalue weighted by Gasteiger charge is 2.52. The molecular weight excluding hydrogens is 438 g/mol. The molecule has 0 atom stereocenters. The lowest BCUT2D eigenvalue weighted by atomic mass is 9.78. The summed E-state index contributed by atoms with van der Waals surface area (Å²) in [6, 6.07) is 3.54. The average molecular weight is 472 g/mol. The number of hydrogen-bond donors (Lipinski definition) is 1. The zero-order valence-corrected chi connectivity index (χ0v) is 21.1. The number of hydrogen-bond acceptors (Lipinski definition) is 7. The number of nitrogens with zero attached hydrogens (tertiary/aromatic N) is 3. The molecule has 0 aliphatic carbocycles. The van der Waals surface area contributed by atoms with E-state index in [2.05, 4.69) is 15.3 Å². The quantitative estimate of drug-likeness (QED) is 0.679. The van der Waals surface area contributed by atoms with Gasteiger partial charge in [0.05, 0.1) is 22.1 Å². The lowest BCUT2D eigenvalue weighted by Crippen LogP contribution is -2.44. The number of likely N-dealkylation sites (tertiary alicyclic amines) is 1. The van der Waals surface area contributed by atoms with Gasteiger partial charge in [-0.2, -0.15) is 0 Å². The van der Waals surface area contributed by atoms with Crippen LogP contribution in [0.2, 0.25) is 0 Å². The van der Waals surface area contributed by atoms with Crippen LogP contribution < -0.4 is 10.8 Å². The zero-order chi connectivity index (χ0) is 24.9. The molecule has 8 nitrogen and oxygen atoms in total. The SMILES string of the molecule is CC(C)(C)OC(=O)N1CCC(Nc2ncc3c(F)c(B4OC(C)(C)C(C)(C)O4)ccc3n2)CC1. The number of piperidine rings is 1. The Balaban J connectivity index is 1.42. The summed E-state index contributed by atoms with van der Waals surface area (Å²) in [6.45, 7) is 14.5. The third-order valence-corrected chi connectivity index (χ3v) is 6.72. The number of fused-ring (bicyclic) bond motifs is 1. The Bertz CT molecular complexity index is 1060. The van der Waals surface area contributed by atoms with E-state index in [1.807, 2.05) is 48.5 Å². The van der Waals surface area contributed by atoms with Crippen molar-refractivity contribution in [2.45, 2.75) is 84.2 Å². The van der Waals surface area contributed by atoms with E-state index in [1.165, 1.54) is 6.20 Å². The van der Waals surface area contributed by atoms with Crippen LogP contribution in [0, 0.1) is 5.82 Å². The van der Waals surface area contributed by atoms with Crippen molar-refractivity contribution in [3.63, 3.8) is 0 Å². The number of amides is 1. The van der Waals surface area contributed by atoms with Crippen LogP contribution in [0.4, 0.5) is 15.1 Å². The Labute approximate surface area is 200 Å². The summed E-state index contributed by atoms with van der Waals surface area (Å²) in [7, 11) is -0.789. The van der Waals surface area contributed by atoms with E-state index < -0.39 is 29.7 Å². The summed E-state index contributed by atoms with van der Waals surface area (Å²) in [6.07, 6.45) is 2.69. The number of halogens is 1. The van der Waals surface area contributed by atoms with Gasteiger partial charge in [0.25, 0.3) is 0 Å². The van der Waals surface area contributed by atoms with Gasteiger partial charge < -0.3 is 24.3 Å². The maximum Gasteiger partial charge on any atom is 0.497 e. The number of ether oxygens (including phenoxy) is 1. The highest BCUT2D eigenvalue weighted by molar-refractivity contribution is 6.62. The van der Waals surface area contributed by atoms with Crippen molar-refractivity contribution in [3.8, 4) is 0 Å². The fourth-order valence-electron chi connectivity index (χ4n) is 4.03. The van der Waals surface area contributed by atoms with Crippen LogP contribution in [0.25, 0.3) is 10.9 Å². The molecule has 1 amide bonds. The molecular formula is C24H34BFN4O4. The maximum absolute atomic E-state index is 15.3. The molecule has 1 N–H and O–H groups in total. The summed E-state index contributed by atoms with van der Waals surface area (Å²) in [5.41, 5.74) is -0.778. The van der Waals surface area contributed by atoms with Crippen molar-refractivity contribution in [2.75, 3.05) is 18.4 Å².